The monoisotopic (exact) mass is 236 g/mol. The van der Waals surface area contributed by atoms with Crippen LogP contribution in [-0.4, -0.2) is 14.2 Å². The van der Waals surface area contributed by atoms with Crippen LogP contribution < -0.4 is 0 Å². The van der Waals surface area contributed by atoms with E-state index in [1.54, 1.807) is 11.3 Å². The van der Waals surface area contributed by atoms with E-state index in [0.29, 0.717) is 6.42 Å². The topological polar surface area (TPSA) is 34.1 Å². The number of thiophene rings is 1. The molecule has 1 rings (SSSR count). The van der Waals surface area contributed by atoms with Crippen LogP contribution in [0.1, 0.15) is 11.3 Å². The normalized spacial score (nSPS) is 12.4. The van der Waals surface area contributed by atoms with Crippen LogP contribution in [0.25, 0.3) is 6.08 Å². The Morgan fingerprint density at radius 2 is 2.31 bits per heavy atom. The molecule has 5 heteroatoms. The van der Waals surface area contributed by atoms with Crippen LogP contribution in [0, 0.1) is 0 Å². The fourth-order valence-corrected chi connectivity index (χ4v) is 2.13. The van der Waals surface area contributed by atoms with Crippen molar-refractivity contribution in [3.05, 3.63) is 28.5 Å². The maximum absolute atomic E-state index is 10.5. The van der Waals surface area contributed by atoms with Crippen LogP contribution in [0.4, 0.5) is 0 Å². The number of hydrogen-bond donors (Lipinski definition) is 0. The van der Waals surface area contributed by atoms with E-state index in [4.69, 9.17) is 10.7 Å². The molecule has 0 aromatic carbocycles. The molecule has 1 heterocycles. The minimum atomic E-state index is -3.34. The molecule has 0 saturated carbocycles. The molecule has 0 unspecified atom stereocenters. The van der Waals surface area contributed by atoms with Crippen molar-refractivity contribution < 1.29 is 8.42 Å². The summed E-state index contributed by atoms with van der Waals surface area (Å²) in [5, 5.41) is 1.97. The highest BCUT2D eigenvalue weighted by molar-refractivity contribution is 8.13. The summed E-state index contributed by atoms with van der Waals surface area (Å²) in [4.78, 5) is 1.12. The Labute approximate surface area is 86.3 Å². The second-order valence-electron chi connectivity index (χ2n) is 2.45. The second-order valence-corrected chi connectivity index (χ2v) is 6.33. The lowest BCUT2D eigenvalue weighted by Gasteiger charge is -1.88. The van der Waals surface area contributed by atoms with E-state index in [2.05, 4.69) is 0 Å². The zero-order valence-electron chi connectivity index (χ0n) is 6.81. The predicted octanol–water partition coefficient (Wildman–Crippen LogP) is 2.72. The molecule has 0 atom stereocenters. The van der Waals surface area contributed by atoms with Crippen LogP contribution in [0.15, 0.2) is 23.6 Å². The Balaban J connectivity index is 2.36. The smallest absolute Gasteiger partial charge is 0.212 e. The lowest BCUT2D eigenvalue weighted by Crippen LogP contribution is -1.94. The number of rotatable bonds is 4. The third-order valence-electron chi connectivity index (χ3n) is 1.35. The first-order chi connectivity index (χ1) is 6.08. The minimum Gasteiger partial charge on any atom is -0.212 e. The molecule has 0 radical (unpaired) electrons. The highest BCUT2D eigenvalue weighted by atomic mass is 35.7. The summed E-state index contributed by atoms with van der Waals surface area (Å²) in [6, 6.07) is 3.92. The van der Waals surface area contributed by atoms with E-state index in [0.717, 1.165) is 4.88 Å². The summed E-state index contributed by atoms with van der Waals surface area (Å²) in [5.74, 6) is -0.00354. The quantitative estimate of drug-likeness (QED) is 0.754. The van der Waals surface area contributed by atoms with Gasteiger partial charge in [0.25, 0.3) is 0 Å². The molecule has 1 aromatic heterocycles. The Morgan fingerprint density at radius 1 is 1.54 bits per heavy atom. The SMILES string of the molecule is O=S(=O)(Cl)CC/C=C/c1cccs1. The molecule has 13 heavy (non-hydrogen) atoms. The predicted molar refractivity (Wildman–Crippen MR) is 57.6 cm³/mol. The standard InChI is InChI=1S/C8H9ClO2S2/c9-13(10,11)7-2-1-4-8-5-3-6-12-8/h1,3-6H,2,7H2/b4-1+. The van der Waals surface area contributed by atoms with Gasteiger partial charge in [0.05, 0.1) is 5.75 Å². The average Bonchev–Trinajstić information content (AvgIpc) is 2.48. The largest absolute Gasteiger partial charge is 0.232 e. The summed E-state index contributed by atoms with van der Waals surface area (Å²) in [7, 11) is 1.69. The number of hydrogen-bond acceptors (Lipinski definition) is 3. The molecule has 1 aromatic rings. The van der Waals surface area contributed by atoms with Gasteiger partial charge in [-0.05, 0) is 23.9 Å². The van der Waals surface area contributed by atoms with Gasteiger partial charge < -0.3 is 0 Å². The minimum absolute atomic E-state index is 0.00354. The van der Waals surface area contributed by atoms with Gasteiger partial charge in [0.15, 0.2) is 0 Å². The lowest BCUT2D eigenvalue weighted by molar-refractivity contribution is 0.609. The molecule has 0 bridgehead atoms. The Kier molecular flexibility index (Phi) is 3.96. The van der Waals surface area contributed by atoms with Crippen molar-refractivity contribution in [1.29, 1.82) is 0 Å². The third kappa shape index (κ3) is 5.08. The van der Waals surface area contributed by atoms with Gasteiger partial charge in [0, 0.05) is 15.6 Å². The highest BCUT2D eigenvalue weighted by Crippen LogP contribution is 2.11. The molecule has 0 spiro atoms. The van der Waals surface area contributed by atoms with Gasteiger partial charge >= 0.3 is 0 Å². The van der Waals surface area contributed by atoms with E-state index in [1.165, 1.54) is 0 Å². The van der Waals surface area contributed by atoms with Gasteiger partial charge in [0.1, 0.15) is 0 Å². The fourth-order valence-electron chi connectivity index (χ4n) is 0.794. The van der Waals surface area contributed by atoms with Crippen molar-refractivity contribution in [2.45, 2.75) is 6.42 Å². The van der Waals surface area contributed by atoms with Gasteiger partial charge in [-0.2, -0.15) is 0 Å². The van der Waals surface area contributed by atoms with Crippen LogP contribution in [0.3, 0.4) is 0 Å². The average molecular weight is 237 g/mol. The first-order valence-corrected chi connectivity index (χ1v) is 7.06. The third-order valence-corrected chi connectivity index (χ3v) is 3.38. The van der Waals surface area contributed by atoms with E-state index in [9.17, 15) is 8.42 Å². The second kappa shape index (κ2) is 4.79. The maximum atomic E-state index is 10.5. The summed E-state index contributed by atoms with van der Waals surface area (Å²) >= 11 is 1.61. The van der Waals surface area contributed by atoms with Gasteiger partial charge in [0.2, 0.25) is 9.05 Å². The Hall–Kier alpha value is -0.320. The molecule has 0 aliphatic carbocycles. The molecule has 0 fully saturated rings. The first-order valence-electron chi connectivity index (χ1n) is 3.70. The first kappa shape index (κ1) is 10.8. The van der Waals surface area contributed by atoms with Gasteiger partial charge in [-0.15, -0.1) is 11.3 Å². The lowest BCUT2D eigenvalue weighted by atomic mass is 10.4. The Morgan fingerprint density at radius 3 is 2.85 bits per heavy atom. The molecule has 0 aliphatic rings. The van der Waals surface area contributed by atoms with Crippen LogP contribution in [-0.2, 0) is 9.05 Å². The summed E-state index contributed by atoms with van der Waals surface area (Å²) in [6.07, 6.45) is 4.17. The van der Waals surface area contributed by atoms with Crippen molar-refractivity contribution >= 4 is 37.1 Å². The summed E-state index contributed by atoms with van der Waals surface area (Å²) in [5.41, 5.74) is 0. The van der Waals surface area contributed by atoms with Crippen molar-refractivity contribution in [2.24, 2.45) is 0 Å². The van der Waals surface area contributed by atoms with Crippen LogP contribution in [0.5, 0.6) is 0 Å². The summed E-state index contributed by atoms with van der Waals surface area (Å²) < 4.78 is 21.1. The van der Waals surface area contributed by atoms with E-state index >= 15 is 0 Å². The van der Waals surface area contributed by atoms with Crippen molar-refractivity contribution in [3.8, 4) is 0 Å². The van der Waals surface area contributed by atoms with Crippen molar-refractivity contribution in [2.75, 3.05) is 5.75 Å². The van der Waals surface area contributed by atoms with Gasteiger partial charge in [-0.3, -0.25) is 0 Å². The van der Waals surface area contributed by atoms with E-state index in [1.807, 2.05) is 29.7 Å². The molecule has 72 valence electrons. The molecule has 0 N–H and O–H groups in total. The van der Waals surface area contributed by atoms with Crippen LogP contribution >= 0.6 is 22.0 Å². The number of halogens is 1. The molecule has 0 saturated heterocycles. The molecular formula is C8H9ClO2S2. The molecule has 0 aliphatic heterocycles. The number of allylic oxidation sites excluding steroid dienone is 1. The molecule has 0 amide bonds. The molecule has 2 nitrogen and oxygen atoms in total. The van der Waals surface area contributed by atoms with Gasteiger partial charge in [-0.1, -0.05) is 12.1 Å². The zero-order chi connectivity index (χ0) is 9.73. The molecular weight excluding hydrogens is 228 g/mol. The maximum Gasteiger partial charge on any atom is 0.232 e. The van der Waals surface area contributed by atoms with Crippen molar-refractivity contribution in [3.63, 3.8) is 0 Å². The van der Waals surface area contributed by atoms with E-state index < -0.39 is 9.05 Å². The highest BCUT2D eigenvalue weighted by Gasteiger charge is 2.01. The van der Waals surface area contributed by atoms with Crippen molar-refractivity contribution in [1.82, 2.24) is 0 Å². The van der Waals surface area contributed by atoms with Gasteiger partial charge in [-0.25, -0.2) is 8.42 Å². The fraction of sp³-hybridized carbons (Fsp3) is 0.250. The van der Waals surface area contributed by atoms with E-state index in [-0.39, 0.29) is 5.75 Å². The summed E-state index contributed by atoms with van der Waals surface area (Å²) in [6.45, 7) is 0. The van der Waals surface area contributed by atoms with Crippen LogP contribution in [0.2, 0.25) is 0 Å². The zero-order valence-corrected chi connectivity index (χ0v) is 9.20. The Bertz CT molecular complexity index is 365.